The quantitative estimate of drug-likeness (QED) is 0.592. The van der Waals surface area contributed by atoms with Crippen molar-refractivity contribution in [3.8, 4) is 5.75 Å². The Bertz CT molecular complexity index is 896. The van der Waals surface area contributed by atoms with Gasteiger partial charge in [0.2, 0.25) is 0 Å². The van der Waals surface area contributed by atoms with Gasteiger partial charge in [0, 0.05) is 25.1 Å². The molecular formula is C19H18N2O6. The third kappa shape index (κ3) is 4.41. The first-order chi connectivity index (χ1) is 12.9. The molecule has 3 rings (SSSR count). The summed E-state index contributed by atoms with van der Waals surface area (Å²) in [7, 11) is 0. The van der Waals surface area contributed by atoms with Gasteiger partial charge in [0.15, 0.2) is 6.61 Å². The number of carbonyl (C=O) groups is 2. The zero-order valence-electron chi connectivity index (χ0n) is 14.5. The normalized spacial score (nSPS) is 12.5. The molecular weight excluding hydrogens is 352 g/mol. The Balaban J connectivity index is 1.64. The van der Waals surface area contributed by atoms with Crippen LogP contribution < -0.4 is 9.64 Å². The summed E-state index contributed by atoms with van der Waals surface area (Å²) in [6.45, 7) is 0.252. The number of nitrogens with zero attached hydrogens (tertiary/aromatic N) is 2. The highest BCUT2D eigenvalue weighted by Crippen LogP contribution is 2.31. The molecule has 27 heavy (non-hydrogen) atoms. The molecule has 0 atom stereocenters. The fraction of sp³-hybridized carbons (Fsp3) is 0.263. The Hall–Kier alpha value is -3.42. The van der Waals surface area contributed by atoms with Gasteiger partial charge >= 0.3 is 5.97 Å². The summed E-state index contributed by atoms with van der Waals surface area (Å²) in [6, 6.07) is 11.5. The predicted molar refractivity (Wildman–Crippen MR) is 97.0 cm³/mol. The Kier molecular flexibility index (Phi) is 5.35. The van der Waals surface area contributed by atoms with Crippen molar-refractivity contribution in [1.82, 2.24) is 0 Å². The zero-order valence-corrected chi connectivity index (χ0v) is 14.5. The summed E-state index contributed by atoms with van der Waals surface area (Å²) in [5.41, 5.74) is 2.20. The van der Waals surface area contributed by atoms with E-state index in [1.165, 1.54) is 17.0 Å². The molecule has 0 aromatic heterocycles. The number of amides is 1. The zero-order chi connectivity index (χ0) is 19.4. The van der Waals surface area contributed by atoms with Crippen LogP contribution in [-0.4, -0.2) is 35.1 Å². The third-order valence-electron chi connectivity index (χ3n) is 4.36. The van der Waals surface area contributed by atoms with Crippen molar-refractivity contribution < 1.29 is 24.4 Å². The van der Waals surface area contributed by atoms with E-state index in [1.54, 1.807) is 30.3 Å². The van der Waals surface area contributed by atoms with Crippen molar-refractivity contribution in [3.05, 3.63) is 63.7 Å². The molecule has 0 fully saturated rings. The predicted octanol–water partition coefficient (Wildman–Crippen LogP) is 2.58. The van der Waals surface area contributed by atoms with E-state index < -0.39 is 10.9 Å². The first kappa shape index (κ1) is 18.4. The molecule has 1 aliphatic heterocycles. The number of hydrogen-bond acceptors (Lipinski definition) is 5. The number of aliphatic carboxylic acids is 1. The standard InChI is InChI=1S/C19H18N2O6/c22-18(12-27-16-3-1-2-13(10-16)4-7-19(23)24)20-9-8-14-5-6-15(21(25)26)11-17(14)20/h1-3,5-6,10-11H,4,7-9,12H2,(H,23,24). The lowest BCUT2D eigenvalue weighted by Gasteiger charge is -2.17. The number of rotatable bonds is 7. The summed E-state index contributed by atoms with van der Waals surface area (Å²) in [5, 5.41) is 19.7. The molecule has 0 bridgehead atoms. The number of carboxylic acid groups (broad SMARTS) is 1. The minimum Gasteiger partial charge on any atom is -0.484 e. The minimum atomic E-state index is -0.877. The molecule has 0 unspecified atom stereocenters. The van der Waals surface area contributed by atoms with Gasteiger partial charge in [-0.1, -0.05) is 18.2 Å². The number of nitro benzene ring substituents is 1. The van der Waals surface area contributed by atoms with Crippen molar-refractivity contribution in [2.75, 3.05) is 18.1 Å². The third-order valence-corrected chi connectivity index (χ3v) is 4.36. The summed E-state index contributed by atoms with van der Waals surface area (Å²) in [4.78, 5) is 35.1. The van der Waals surface area contributed by atoms with Crippen LogP contribution in [0, 0.1) is 10.1 Å². The molecule has 0 aliphatic carbocycles. The van der Waals surface area contributed by atoms with Gasteiger partial charge in [0.05, 0.1) is 10.6 Å². The maximum atomic E-state index is 12.5. The lowest BCUT2D eigenvalue weighted by molar-refractivity contribution is -0.384. The monoisotopic (exact) mass is 370 g/mol. The average molecular weight is 370 g/mol. The largest absolute Gasteiger partial charge is 0.484 e. The maximum Gasteiger partial charge on any atom is 0.303 e. The van der Waals surface area contributed by atoms with Gasteiger partial charge < -0.3 is 14.7 Å². The minimum absolute atomic E-state index is 0.0196. The Morgan fingerprint density at radius 1 is 1.22 bits per heavy atom. The van der Waals surface area contributed by atoms with Crippen molar-refractivity contribution in [2.45, 2.75) is 19.3 Å². The summed E-state index contributed by atoms with van der Waals surface area (Å²) in [5.74, 6) is -0.687. The van der Waals surface area contributed by atoms with Gasteiger partial charge in [-0.05, 0) is 36.1 Å². The van der Waals surface area contributed by atoms with Crippen LogP contribution in [0.4, 0.5) is 11.4 Å². The molecule has 2 aromatic rings. The van der Waals surface area contributed by atoms with Gasteiger partial charge in [0.1, 0.15) is 5.75 Å². The van der Waals surface area contributed by atoms with Crippen molar-refractivity contribution in [3.63, 3.8) is 0 Å². The van der Waals surface area contributed by atoms with Crippen LogP contribution in [0.1, 0.15) is 17.5 Å². The van der Waals surface area contributed by atoms with Crippen molar-refractivity contribution in [1.29, 1.82) is 0 Å². The van der Waals surface area contributed by atoms with Crippen LogP contribution in [0.3, 0.4) is 0 Å². The highest BCUT2D eigenvalue weighted by atomic mass is 16.6. The molecule has 1 amide bonds. The number of carboxylic acids is 1. The van der Waals surface area contributed by atoms with E-state index in [-0.39, 0.29) is 24.6 Å². The van der Waals surface area contributed by atoms with E-state index in [9.17, 15) is 19.7 Å². The number of non-ortho nitro benzene ring substituents is 1. The lowest BCUT2D eigenvalue weighted by Crippen LogP contribution is -2.33. The Morgan fingerprint density at radius 2 is 2.04 bits per heavy atom. The number of benzene rings is 2. The van der Waals surface area contributed by atoms with E-state index in [4.69, 9.17) is 9.84 Å². The van der Waals surface area contributed by atoms with E-state index in [1.807, 2.05) is 0 Å². The van der Waals surface area contributed by atoms with E-state index >= 15 is 0 Å². The van der Waals surface area contributed by atoms with Crippen molar-refractivity contribution >= 4 is 23.3 Å². The van der Waals surface area contributed by atoms with Gasteiger partial charge in [-0.2, -0.15) is 0 Å². The molecule has 1 heterocycles. The van der Waals surface area contributed by atoms with Gasteiger partial charge in [-0.25, -0.2) is 0 Å². The molecule has 8 heteroatoms. The van der Waals surface area contributed by atoms with Crippen LogP contribution >= 0.6 is 0 Å². The molecule has 1 aliphatic rings. The molecule has 2 aromatic carbocycles. The number of carbonyl (C=O) groups excluding carboxylic acids is 1. The summed E-state index contributed by atoms with van der Waals surface area (Å²) >= 11 is 0. The molecule has 0 saturated carbocycles. The smallest absolute Gasteiger partial charge is 0.303 e. The second-order valence-corrected chi connectivity index (χ2v) is 6.20. The van der Waals surface area contributed by atoms with Gasteiger partial charge in [0.25, 0.3) is 11.6 Å². The Morgan fingerprint density at radius 3 is 2.78 bits per heavy atom. The topological polar surface area (TPSA) is 110 Å². The second kappa shape index (κ2) is 7.86. The molecule has 0 saturated heterocycles. The van der Waals surface area contributed by atoms with Gasteiger partial charge in [-0.15, -0.1) is 0 Å². The van der Waals surface area contributed by atoms with Crippen LogP contribution in [0.15, 0.2) is 42.5 Å². The molecule has 0 radical (unpaired) electrons. The molecule has 1 N–H and O–H groups in total. The fourth-order valence-corrected chi connectivity index (χ4v) is 3.01. The van der Waals surface area contributed by atoms with Crippen LogP contribution in [0.25, 0.3) is 0 Å². The average Bonchev–Trinajstić information content (AvgIpc) is 3.08. The highest BCUT2D eigenvalue weighted by molar-refractivity contribution is 5.96. The number of aryl methyl sites for hydroxylation is 1. The highest BCUT2D eigenvalue weighted by Gasteiger charge is 2.27. The molecule has 0 spiro atoms. The first-order valence-corrected chi connectivity index (χ1v) is 8.45. The fourth-order valence-electron chi connectivity index (χ4n) is 3.01. The van der Waals surface area contributed by atoms with E-state index in [0.29, 0.717) is 30.8 Å². The van der Waals surface area contributed by atoms with Crippen molar-refractivity contribution in [2.24, 2.45) is 0 Å². The number of ether oxygens (including phenoxy) is 1. The number of hydrogen-bond donors (Lipinski definition) is 1. The van der Waals surface area contributed by atoms with Crippen LogP contribution in [0.2, 0.25) is 0 Å². The summed E-state index contributed by atoms with van der Waals surface area (Å²) in [6.07, 6.45) is 1.04. The first-order valence-electron chi connectivity index (χ1n) is 8.45. The lowest BCUT2D eigenvalue weighted by atomic mass is 10.1. The number of anilines is 1. The number of nitro groups is 1. The van der Waals surface area contributed by atoms with E-state index in [0.717, 1.165) is 11.1 Å². The summed E-state index contributed by atoms with van der Waals surface area (Å²) < 4.78 is 5.55. The second-order valence-electron chi connectivity index (χ2n) is 6.20. The molecule has 140 valence electrons. The SMILES string of the molecule is O=C(O)CCc1cccc(OCC(=O)N2CCc3ccc([N+](=O)[O-])cc32)c1. The number of fused-ring (bicyclic) bond motifs is 1. The van der Waals surface area contributed by atoms with Crippen LogP contribution in [-0.2, 0) is 22.4 Å². The van der Waals surface area contributed by atoms with Crippen LogP contribution in [0.5, 0.6) is 5.75 Å². The molecule has 8 nitrogen and oxygen atoms in total. The maximum absolute atomic E-state index is 12.5. The Labute approximate surface area is 155 Å². The van der Waals surface area contributed by atoms with E-state index in [2.05, 4.69) is 0 Å². The van der Waals surface area contributed by atoms with Gasteiger partial charge in [-0.3, -0.25) is 19.7 Å².